The van der Waals surface area contributed by atoms with Gasteiger partial charge in [-0.1, -0.05) is 0 Å². The minimum atomic E-state index is -1.01. The number of halogens is 2. The molecule has 2 aromatic carbocycles. The molecule has 0 aliphatic heterocycles. The number of nitrogens with zero attached hydrogens (tertiary/aromatic N) is 1. The Hall–Kier alpha value is -3.56. The molecule has 3 saturated carbocycles. The van der Waals surface area contributed by atoms with Crippen LogP contribution in [-0.4, -0.2) is 45.1 Å². The normalized spacial score (nSPS) is 30.2. The van der Waals surface area contributed by atoms with E-state index >= 15 is 4.39 Å². The molecule has 7 nitrogen and oxygen atoms in total. The second kappa shape index (κ2) is 8.47. The predicted octanol–water partition coefficient (Wildman–Crippen LogP) is 4.63. The Morgan fingerprint density at radius 3 is 2.38 bits per heavy atom. The fraction of sp³-hybridized carbons (Fsp3) is 0.419. The number of aliphatic hydroxyl groups excluding tert-OH is 1. The van der Waals surface area contributed by atoms with E-state index in [0.717, 1.165) is 28.3 Å². The maximum Gasteiger partial charge on any atom is 0.311 e. The number of benzene rings is 2. The molecule has 1 unspecified atom stereocenters. The molecule has 8 rings (SSSR count). The molecule has 3 fully saturated rings. The number of pyridine rings is 1. The average Bonchev–Trinajstić information content (AvgIpc) is 3.68. The third-order valence-corrected chi connectivity index (χ3v) is 9.47. The average molecular weight is 550 g/mol. The maximum absolute atomic E-state index is 15.0. The van der Waals surface area contributed by atoms with Crippen LogP contribution in [0.25, 0.3) is 11.1 Å². The maximum atomic E-state index is 15.0. The van der Waals surface area contributed by atoms with Crippen LogP contribution in [0.5, 0.6) is 11.6 Å². The van der Waals surface area contributed by atoms with Crippen LogP contribution in [0.3, 0.4) is 0 Å². The molecule has 3 N–H and O–H groups in total. The van der Waals surface area contributed by atoms with Gasteiger partial charge in [0.05, 0.1) is 24.2 Å². The quantitative estimate of drug-likeness (QED) is 0.357. The summed E-state index contributed by atoms with van der Waals surface area (Å²) in [5.74, 6) is -0.871. The van der Waals surface area contributed by atoms with E-state index in [0.29, 0.717) is 30.8 Å². The molecule has 9 heteroatoms. The summed E-state index contributed by atoms with van der Waals surface area (Å²) in [6, 6.07) is 7.70. The van der Waals surface area contributed by atoms with Gasteiger partial charge in [0.2, 0.25) is 5.88 Å². The highest BCUT2D eigenvalue weighted by Crippen LogP contribution is 2.96. The van der Waals surface area contributed by atoms with Crippen molar-refractivity contribution in [1.29, 1.82) is 0 Å². The van der Waals surface area contributed by atoms with E-state index in [1.165, 1.54) is 6.07 Å². The summed E-state index contributed by atoms with van der Waals surface area (Å²) >= 11 is 0. The Bertz CT molecular complexity index is 1560. The van der Waals surface area contributed by atoms with E-state index in [9.17, 15) is 24.5 Å². The van der Waals surface area contributed by atoms with Gasteiger partial charge in [0.25, 0.3) is 0 Å². The van der Waals surface area contributed by atoms with Gasteiger partial charge < -0.3 is 24.8 Å². The van der Waals surface area contributed by atoms with Crippen molar-refractivity contribution in [2.45, 2.75) is 50.7 Å². The highest BCUT2D eigenvalue weighted by molar-refractivity contribution is 5.93. The van der Waals surface area contributed by atoms with Gasteiger partial charge in [0.1, 0.15) is 24.0 Å². The molecule has 3 aromatic rings. The minimum Gasteiger partial charge on any atom is -0.493 e. The van der Waals surface area contributed by atoms with Crippen LogP contribution in [0.2, 0.25) is 0 Å². The Balaban J connectivity index is 1.07. The summed E-state index contributed by atoms with van der Waals surface area (Å²) in [6.45, 7) is 3.67. The van der Waals surface area contributed by atoms with Gasteiger partial charge >= 0.3 is 5.97 Å². The highest BCUT2D eigenvalue weighted by Gasteiger charge is 2.95. The number of aromatic nitrogens is 1. The molecular weight excluding hydrogens is 520 g/mol. The molecule has 208 valence electrons. The van der Waals surface area contributed by atoms with Crippen molar-refractivity contribution in [2.75, 3.05) is 13.2 Å². The van der Waals surface area contributed by atoms with Crippen LogP contribution < -0.4 is 9.47 Å². The van der Waals surface area contributed by atoms with E-state index < -0.39 is 28.6 Å². The van der Waals surface area contributed by atoms with Gasteiger partial charge in [-0.15, -0.1) is 0 Å². The summed E-state index contributed by atoms with van der Waals surface area (Å²) < 4.78 is 41.5. The third-order valence-electron chi connectivity index (χ3n) is 9.47. The van der Waals surface area contributed by atoms with Gasteiger partial charge in [0, 0.05) is 41.3 Å². The van der Waals surface area contributed by atoms with Gasteiger partial charge in [-0.2, -0.15) is 0 Å². The number of hydrogen-bond acceptors (Lipinski definition) is 6. The van der Waals surface area contributed by atoms with Crippen LogP contribution in [-0.2, 0) is 11.4 Å². The lowest BCUT2D eigenvalue weighted by Gasteiger charge is -2.42. The lowest BCUT2D eigenvalue weighted by Crippen LogP contribution is -2.48. The second-order valence-corrected chi connectivity index (χ2v) is 12.0. The van der Waals surface area contributed by atoms with E-state index in [1.54, 1.807) is 12.3 Å². The van der Waals surface area contributed by atoms with Crippen LogP contribution in [0.15, 0.2) is 36.5 Å². The Labute approximate surface area is 229 Å². The summed E-state index contributed by atoms with van der Waals surface area (Å²) in [7, 11) is 0. The zero-order chi connectivity index (χ0) is 28.1. The number of ether oxygens (including phenoxy) is 2. The van der Waals surface area contributed by atoms with Crippen molar-refractivity contribution in [3.63, 3.8) is 0 Å². The van der Waals surface area contributed by atoms with Gasteiger partial charge in [0.15, 0.2) is 0 Å². The number of aliphatic carboxylic acids is 1. The third kappa shape index (κ3) is 3.53. The van der Waals surface area contributed by atoms with Gasteiger partial charge in [-0.05, 0) is 84.5 Å². The molecule has 0 spiro atoms. The van der Waals surface area contributed by atoms with Crippen molar-refractivity contribution in [1.82, 2.24) is 4.98 Å². The Morgan fingerprint density at radius 1 is 1.02 bits per heavy atom. The fourth-order valence-corrected chi connectivity index (χ4v) is 7.47. The first-order chi connectivity index (χ1) is 19.1. The number of rotatable bonds is 9. The molecule has 40 heavy (non-hydrogen) atoms. The van der Waals surface area contributed by atoms with Gasteiger partial charge in [-0.25, -0.2) is 13.8 Å². The van der Waals surface area contributed by atoms with Crippen molar-refractivity contribution in [2.24, 2.45) is 17.3 Å². The first-order valence-electron chi connectivity index (χ1n) is 13.5. The van der Waals surface area contributed by atoms with Crippen molar-refractivity contribution in [3.05, 3.63) is 76.0 Å². The molecule has 5 aliphatic rings. The highest BCUT2D eigenvalue weighted by atomic mass is 19.1. The lowest BCUT2D eigenvalue weighted by molar-refractivity contribution is -0.141. The van der Waals surface area contributed by atoms with E-state index in [-0.39, 0.29) is 53.9 Å². The van der Waals surface area contributed by atoms with Crippen molar-refractivity contribution < 1.29 is 38.4 Å². The predicted molar refractivity (Wildman–Crippen MR) is 139 cm³/mol. The smallest absolute Gasteiger partial charge is 0.311 e. The number of aliphatic hydroxyl groups is 2. The summed E-state index contributed by atoms with van der Waals surface area (Å²) in [5, 5.41) is 28.8. The SMILES string of the molecule is Cc1cc(OCC2CC(O)(CO)C2)cc(C)c1-c1cc(COc2cc3c(cn2)[C@H]2[C@H]4C3[C@@]42C(=O)O)c(F)cc1F. The molecule has 1 aromatic heterocycles. The van der Waals surface area contributed by atoms with E-state index in [4.69, 9.17) is 9.47 Å². The van der Waals surface area contributed by atoms with Crippen LogP contribution in [0.4, 0.5) is 8.78 Å². The number of hydrogen-bond donors (Lipinski definition) is 3. The largest absolute Gasteiger partial charge is 0.493 e. The van der Waals surface area contributed by atoms with Crippen molar-refractivity contribution >= 4 is 5.97 Å². The number of carboxylic acid groups (broad SMARTS) is 1. The van der Waals surface area contributed by atoms with Crippen LogP contribution >= 0.6 is 0 Å². The first-order valence-corrected chi connectivity index (χ1v) is 13.5. The van der Waals surface area contributed by atoms with E-state index in [1.807, 2.05) is 26.0 Å². The fourth-order valence-electron chi connectivity index (χ4n) is 7.47. The van der Waals surface area contributed by atoms with E-state index in [2.05, 4.69) is 4.98 Å². The summed E-state index contributed by atoms with van der Waals surface area (Å²) in [6.07, 6.45) is 2.63. The van der Waals surface area contributed by atoms with Crippen LogP contribution in [0, 0.1) is 42.7 Å². The summed E-state index contributed by atoms with van der Waals surface area (Å²) in [4.78, 5) is 16.0. The first kappa shape index (κ1) is 25.4. The standard InChI is InChI=1S/C31H29F2NO6/c1-14-3-18(39-11-16-8-30(38,9-16)13-35)4-15(2)25(14)20-5-17(22(32)7-23(20)33)12-40-24-6-19-21(10-34-24)27-28-26(19)31(27,28)29(36)37/h3-7,10,16,26-28,35,38H,8-9,11-13H2,1-2H3,(H,36,37)/t16?,26?,27-,28+,30?,31-/m0/s1. The zero-order valence-corrected chi connectivity index (χ0v) is 22.1. The topological polar surface area (TPSA) is 109 Å². The molecule has 0 saturated heterocycles. The van der Waals surface area contributed by atoms with Crippen molar-refractivity contribution in [3.8, 4) is 22.8 Å². The Kier molecular flexibility index (Phi) is 5.38. The zero-order valence-electron chi connectivity index (χ0n) is 22.1. The molecular formula is C31H29F2NO6. The van der Waals surface area contributed by atoms with Crippen LogP contribution in [0.1, 0.15) is 52.5 Å². The molecule has 4 atom stereocenters. The number of carboxylic acids is 1. The minimum absolute atomic E-state index is 0.0138. The Morgan fingerprint density at radius 2 is 1.73 bits per heavy atom. The second-order valence-electron chi connectivity index (χ2n) is 12.0. The number of carbonyl (C=O) groups is 1. The lowest BCUT2D eigenvalue weighted by atomic mass is 9.72. The van der Waals surface area contributed by atoms with Gasteiger partial charge in [-0.3, -0.25) is 4.79 Å². The molecule has 0 radical (unpaired) electrons. The summed E-state index contributed by atoms with van der Waals surface area (Å²) in [5.41, 5.74) is 2.88. The monoisotopic (exact) mass is 549 g/mol. The molecule has 2 bridgehead atoms. The number of aryl methyl sites for hydroxylation is 2. The molecule has 1 heterocycles. The molecule has 5 aliphatic carbocycles. The molecule has 0 amide bonds.